The molecule has 1 aliphatic carbocycles. The molecule has 0 saturated heterocycles. The summed E-state index contributed by atoms with van der Waals surface area (Å²) in [5.41, 5.74) is 2.02. The van der Waals surface area contributed by atoms with Crippen molar-refractivity contribution in [2.75, 3.05) is 0 Å². The van der Waals surface area contributed by atoms with Gasteiger partial charge in [0.1, 0.15) is 0 Å². The van der Waals surface area contributed by atoms with Gasteiger partial charge in [-0.2, -0.15) is 0 Å². The van der Waals surface area contributed by atoms with E-state index in [0.717, 1.165) is 43.1 Å². The molecular weight excluding hydrogens is 244 g/mol. The molecule has 0 atom stereocenters. The van der Waals surface area contributed by atoms with Crippen molar-refractivity contribution in [3.8, 4) is 0 Å². The molecule has 1 nitrogen and oxygen atoms in total. The maximum absolute atomic E-state index is 10.9. The third-order valence-electron chi connectivity index (χ3n) is 5.09. The van der Waals surface area contributed by atoms with Gasteiger partial charge in [0.2, 0.25) is 0 Å². The largest absolute Gasteiger partial charge is 0.385 e. The van der Waals surface area contributed by atoms with Crippen LogP contribution >= 0.6 is 0 Å². The standard InChI is InChI=1S/C19H30O/c1-14(2)15-10-12-19(20,13-11-15)17-8-6-16(7-9-17)18(3,4)5/h6-9,14-15,20H,10-13H2,1-5H3. The van der Waals surface area contributed by atoms with E-state index in [-0.39, 0.29) is 5.41 Å². The smallest absolute Gasteiger partial charge is 0.0896 e. The van der Waals surface area contributed by atoms with E-state index in [1.807, 2.05) is 0 Å². The van der Waals surface area contributed by atoms with Crippen LogP contribution in [-0.2, 0) is 11.0 Å². The van der Waals surface area contributed by atoms with Gasteiger partial charge in [-0.25, -0.2) is 0 Å². The Bertz CT molecular complexity index is 428. The molecule has 2 rings (SSSR count). The second-order valence-corrected chi connectivity index (χ2v) is 7.94. The third kappa shape index (κ3) is 3.25. The quantitative estimate of drug-likeness (QED) is 0.803. The lowest BCUT2D eigenvalue weighted by atomic mass is 9.71. The molecule has 0 amide bonds. The highest BCUT2D eigenvalue weighted by Gasteiger charge is 2.35. The van der Waals surface area contributed by atoms with Crippen LogP contribution in [0.3, 0.4) is 0 Å². The van der Waals surface area contributed by atoms with E-state index in [9.17, 15) is 5.11 Å². The van der Waals surface area contributed by atoms with Crippen molar-refractivity contribution in [1.82, 2.24) is 0 Å². The average molecular weight is 274 g/mol. The second kappa shape index (κ2) is 5.52. The maximum Gasteiger partial charge on any atom is 0.0896 e. The van der Waals surface area contributed by atoms with Gasteiger partial charge in [0, 0.05) is 0 Å². The molecule has 1 heteroatoms. The molecule has 0 aromatic heterocycles. The normalized spacial score (nSPS) is 27.9. The van der Waals surface area contributed by atoms with Crippen molar-refractivity contribution >= 4 is 0 Å². The maximum atomic E-state index is 10.9. The van der Waals surface area contributed by atoms with Crippen molar-refractivity contribution in [1.29, 1.82) is 0 Å². The molecule has 1 N–H and O–H groups in total. The Kier molecular flexibility index (Phi) is 4.30. The Morgan fingerprint density at radius 1 is 1.05 bits per heavy atom. The molecule has 0 heterocycles. The van der Waals surface area contributed by atoms with E-state index in [1.165, 1.54) is 5.56 Å². The van der Waals surface area contributed by atoms with Crippen molar-refractivity contribution in [3.05, 3.63) is 35.4 Å². The minimum absolute atomic E-state index is 0.177. The number of hydrogen-bond acceptors (Lipinski definition) is 1. The monoisotopic (exact) mass is 274 g/mol. The van der Waals surface area contributed by atoms with E-state index in [4.69, 9.17) is 0 Å². The summed E-state index contributed by atoms with van der Waals surface area (Å²) in [6, 6.07) is 8.64. The summed E-state index contributed by atoms with van der Waals surface area (Å²) in [5.74, 6) is 1.52. The van der Waals surface area contributed by atoms with Gasteiger partial charge in [0.25, 0.3) is 0 Å². The van der Waals surface area contributed by atoms with E-state index in [2.05, 4.69) is 58.9 Å². The summed E-state index contributed by atoms with van der Waals surface area (Å²) in [6.07, 6.45) is 4.11. The van der Waals surface area contributed by atoms with Gasteiger partial charge < -0.3 is 5.11 Å². The molecule has 0 spiro atoms. The zero-order chi connectivity index (χ0) is 15.0. The summed E-state index contributed by atoms with van der Waals surface area (Å²) < 4.78 is 0. The van der Waals surface area contributed by atoms with Crippen LogP contribution in [0.5, 0.6) is 0 Å². The molecule has 1 aromatic rings. The topological polar surface area (TPSA) is 20.2 Å². The zero-order valence-electron chi connectivity index (χ0n) is 13.7. The minimum Gasteiger partial charge on any atom is -0.385 e. The van der Waals surface area contributed by atoms with Crippen LogP contribution in [0.2, 0.25) is 0 Å². The molecule has 1 saturated carbocycles. The summed E-state index contributed by atoms with van der Waals surface area (Å²) in [6.45, 7) is 11.3. The number of rotatable bonds is 2. The number of hydrogen-bond donors (Lipinski definition) is 1. The fourth-order valence-corrected chi connectivity index (χ4v) is 3.35. The van der Waals surface area contributed by atoms with Crippen molar-refractivity contribution in [2.45, 2.75) is 71.3 Å². The first kappa shape index (κ1) is 15.6. The third-order valence-corrected chi connectivity index (χ3v) is 5.09. The molecule has 1 fully saturated rings. The molecule has 20 heavy (non-hydrogen) atoms. The van der Waals surface area contributed by atoms with Crippen LogP contribution in [0.15, 0.2) is 24.3 Å². The van der Waals surface area contributed by atoms with Crippen LogP contribution < -0.4 is 0 Å². The van der Waals surface area contributed by atoms with Crippen LogP contribution in [0, 0.1) is 11.8 Å². The summed E-state index contributed by atoms with van der Waals surface area (Å²) in [7, 11) is 0. The molecule has 112 valence electrons. The molecule has 0 aliphatic heterocycles. The highest BCUT2D eigenvalue weighted by Crippen LogP contribution is 2.42. The molecule has 1 aromatic carbocycles. The Balaban J connectivity index is 2.12. The lowest BCUT2D eigenvalue weighted by Crippen LogP contribution is -2.32. The van der Waals surface area contributed by atoms with Crippen LogP contribution in [0.1, 0.15) is 71.4 Å². The van der Waals surface area contributed by atoms with Gasteiger partial charge in [0.15, 0.2) is 0 Å². The Morgan fingerprint density at radius 3 is 1.95 bits per heavy atom. The molecule has 0 unspecified atom stereocenters. The Hall–Kier alpha value is -0.820. The Morgan fingerprint density at radius 2 is 1.55 bits per heavy atom. The molecule has 0 radical (unpaired) electrons. The highest BCUT2D eigenvalue weighted by atomic mass is 16.3. The minimum atomic E-state index is -0.595. The van der Waals surface area contributed by atoms with Crippen molar-refractivity contribution in [2.24, 2.45) is 11.8 Å². The first-order valence-electron chi connectivity index (χ1n) is 8.06. The van der Waals surface area contributed by atoms with E-state index < -0.39 is 5.60 Å². The predicted molar refractivity (Wildman–Crippen MR) is 85.8 cm³/mol. The fourth-order valence-electron chi connectivity index (χ4n) is 3.35. The second-order valence-electron chi connectivity index (χ2n) is 7.94. The average Bonchev–Trinajstić information content (AvgIpc) is 2.38. The zero-order valence-corrected chi connectivity index (χ0v) is 13.7. The summed E-state index contributed by atoms with van der Waals surface area (Å²) >= 11 is 0. The van der Waals surface area contributed by atoms with Gasteiger partial charge in [0.05, 0.1) is 5.60 Å². The summed E-state index contributed by atoms with van der Waals surface area (Å²) in [4.78, 5) is 0. The highest BCUT2D eigenvalue weighted by molar-refractivity contribution is 5.31. The SMILES string of the molecule is CC(C)C1CCC(O)(c2ccc(C(C)(C)C)cc2)CC1. The van der Waals surface area contributed by atoms with Crippen LogP contribution in [0.25, 0.3) is 0 Å². The first-order chi connectivity index (χ1) is 9.22. The summed E-state index contributed by atoms with van der Waals surface area (Å²) in [5, 5.41) is 10.9. The number of benzene rings is 1. The van der Waals surface area contributed by atoms with Gasteiger partial charge in [-0.15, -0.1) is 0 Å². The van der Waals surface area contributed by atoms with Gasteiger partial charge in [-0.3, -0.25) is 0 Å². The molecule has 0 bridgehead atoms. The van der Waals surface area contributed by atoms with Gasteiger partial charge >= 0.3 is 0 Å². The van der Waals surface area contributed by atoms with E-state index in [1.54, 1.807) is 0 Å². The van der Waals surface area contributed by atoms with Gasteiger partial charge in [-0.05, 0) is 54.1 Å². The predicted octanol–water partition coefficient (Wildman–Crippen LogP) is 5.02. The Labute approximate surface area is 124 Å². The van der Waals surface area contributed by atoms with E-state index in [0.29, 0.717) is 0 Å². The van der Waals surface area contributed by atoms with Crippen LogP contribution in [-0.4, -0.2) is 5.11 Å². The van der Waals surface area contributed by atoms with E-state index >= 15 is 0 Å². The van der Waals surface area contributed by atoms with Gasteiger partial charge in [-0.1, -0.05) is 58.9 Å². The van der Waals surface area contributed by atoms with Crippen molar-refractivity contribution < 1.29 is 5.11 Å². The number of aliphatic hydroxyl groups is 1. The molecular formula is C19H30O. The lowest BCUT2D eigenvalue weighted by molar-refractivity contribution is -0.0199. The van der Waals surface area contributed by atoms with Crippen LogP contribution in [0.4, 0.5) is 0 Å². The first-order valence-corrected chi connectivity index (χ1v) is 8.06. The van der Waals surface area contributed by atoms with Crippen molar-refractivity contribution in [3.63, 3.8) is 0 Å². The fraction of sp³-hybridized carbons (Fsp3) is 0.684. The molecule has 1 aliphatic rings. The lowest BCUT2D eigenvalue weighted by Gasteiger charge is -2.38.